The molecule has 0 spiro atoms. The van der Waals surface area contributed by atoms with Crippen molar-refractivity contribution >= 4 is 5.97 Å². The van der Waals surface area contributed by atoms with E-state index in [4.69, 9.17) is 4.52 Å². The van der Waals surface area contributed by atoms with Gasteiger partial charge in [0.15, 0.2) is 5.76 Å². The quantitative estimate of drug-likeness (QED) is 0.864. The Labute approximate surface area is 100 Å². The summed E-state index contributed by atoms with van der Waals surface area (Å²) < 4.78 is 5.15. The molecule has 1 aliphatic rings. The van der Waals surface area contributed by atoms with E-state index in [1.165, 1.54) is 0 Å². The molecular formula is C12H18N2O3. The van der Waals surface area contributed by atoms with E-state index in [0.29, 0.717) is 25.9 Å². The monoisotopic (exact) mass is 238 g/mol. The van der Waals surface area contributed by atoms with Gasteiger partial charge in [-0.05, 0) is 26.3 Å². The first-order valence-electron chi connectivity index (χ1n) is 5.94. The minimum Gasteiger partial charge on any atom is -0.481 e. The zero-order chi connectivity index (χ0) is 12.5. The van der Waals surface area contributed by atoms with Crippen molar-refractivity contribution in [2.75, 3.05) is 13.1 Å². The molecule has 0 amide bonds. The number of carboxylic acid groups (broad SMARTS) is 1. The Balaban J connectivity index is 2.00. The van der Waals surface area contributed by atoms with E-state index in [0.717, 1.165) is 18.0 Å². The highest BCUT2D eigenvalue weighted by molar-refractivity contribution is 5.75. The molecule has 1 unspecified atom stereocenters. The van der Waals surface area contributed by atoms with Gasteiger partial charge in [0, 0.05) is 12.6 Å². The second kappa shape index (κ2) is 4.49. The second-order valence-corrected chi connectivity index (χ2v) is 4.83. The lowest BCUT2D eigenvalue weighted by Gasteiger charge is -2.22. The van der Waals surface area contributed by atoms with Crippen LogP contribution in [-0.2, 0) is 11.3 Å². The average Bonchev–Trinajstić information content (AvgIpc) is 2.87. The maximum absolute atomic E-state index is 11.3. The lowest BCUT2D eigenvalue weighted by atomic mass is 9.84. The van der Waals surface area contributed by atoms with Gasteiger partial charge in [0.25, 0.3) is 0 Å². The van der Waals surface area contributed by atoms with Gasteiger partial charge in [0.1, 0.15) is 0 Å². The number of carboxylic acids is 1. The van der Waals surface area contributed by atoms with Gasteiger partial charge in [-0.25, -0.2) is 0 Å². The molecule has 0 bridgehead atoms. The summed E-state index contributed by atoms with van der Waals surface area (Å²) in [6, 6.07) is 1.90. The van der Waals surface area contributed by atoms with Gasteiger partial charge >= 0.3 is 5.97 Å². The number of aryl methyl sites for hydroxylation is 1. The molecule has 94 valence electrons. The molecule has 5 heteroatoms. The van der Waals surface area contributed by atoms with E-state index < -0.39 is 11.4 Å². The van der Waals surface area contributed by atoms with Gasteiger partial charge in [0.05, 0.1) is 17.7 Å². The highest BCUT2D eigenvalue weighted by atomic mass is 16.5. The van der Waals surface area contributed by atoms with Crippen LogP contribution in [0.1, 0.15) is 31.2 Å². The maximum Gasteiger partial charge on any atom is 0.310 e. The van der Waals surface area contributed by atoms with Gasteiger partial charge in [-0.15, -0.1) is 0 Å². The SMILES string of the molecule is CCC1(C(=O)O)CCN(Cc2cc(C)no2)C1. The average molecular weight is 238 g/mol. The van der Waals surface area contributed by atoms with E-state index in [9.17, 15) is 9.90 Å². The first kappa shape index (κ1) is 12.1. The van der Waals surface area contributed by atoms with E-state index in [2.05, 4.69) is 10.1 Å². The molecule has 5 nitrogen and oxygen atoms in total. The molecule has 1 fully saturated rings. The number of hydrogen-bond acceptors (Lipinski definition) is 4. The van der Waals surface area contributed by atoms with Crippen LogP contribution < -0.4 is 0 Å². The Morgan fingerprint density at radius 1 is 1.71 bits per heavy atom. The normalized spacial score (nSPS) is 25.3. The van der Waals surface area contributed by atoms with Crippen LogP contribution in [0.2, 0.25) is 0 Å². The summed E-state index contributed by atoms with van der Waals surface area (Å²) >= 11 is 0. The Morgan fingerprint density at radius 2 is 2.47 bits per heavy atom. The van der Waals surface area contributed by atoms with Crippen molar-refractivity contribution < 1.29 is 14.4 Å². The number of likely N-dealkylation sites (tertiary alicyclic amines) is 1. The van der Waals surface area contributed by atoms with E-state index >= 15 is 0 Å². The summed E-state index contributed by atoms with van der Waals surface area (Å²) in [4.78, 5) is 13.4. The van der Waals surface area contributed by atoms with Crippen molar-refractivity contribution in [2.24, 2.45) is 5.41 Å². The molecule has 2 heterocycles. The Hall–Kier alpha value is -1.36. The number of aliphatic carboxylic acids is 1. The molecule has 0 radical (unpaired) electrons. The van der Waals surface area contributed by atoms with E-state index in [1.807, 2.05) is 19.9 Å². The van der Waals surface area contributed by atoms with Crippen LogP contribution in [0.4, 0.5) is 0 Å². The van der Waals surface area contributed by atoms with Crippen LogP contribution in [0.15, 0.2) is 10.6 Å². The molecule has 17 heavy (non-hydrogen) atoms. The van der Waals surface area contributed by atoms with Crippen LogP contribution in [0, 0.1) is 12.3 Å². The smallest absolute Gasteiger partial charge is 0.310 e. The number of rotatable bonds is 4. The molecule has 2 rings (SSSR count). The summed E-state index contributed by atoms with van der Waals surface area (Å²) in [5.74, 6) is 0.121. The van der Waals surface area contributed by atoms with E-state index in [-0.39, 0.29) is 0 Å². The predicted octanol–water partition coefficient (Wildman–Crippen LogP) is 1.67. The van der Waals surface area contributed by atoms with Gasteiger partial charge in [-0.3, -0.25) is 9.69 Å². The van der Waals surface area contributed by atoms with Gasteiger partial charge in [0.2, 0.25) is 0 Å². The van der Waals surface area contributed by atoms with Crippen LogP contribution in [0.25, 0.3) is 0 Å². The number of nitrogens with zero attached hydrogens (tertiary/aromatic N) is 2. The van der Waals surface area contributed by atoms with Crippen LogP contribution in [-0.4, -0.2) is 34.2 Å². The minimum atomic E-state index is -0.684. The van der Waals surface area contributed by atoms with Crippen molar-refractivity contribution in [1.82, 2.24) is 10.1 Å². The number of carbonyl (C=O) groups is 1. The van der Waals surface area contributed by atoms with E-state index in [1.54, 1.807) is 0 Å². The third kappa shape index (κ3) is 2.34. The largest absolute Gasteiger partial charge is 0.481 e. The fourth-order valence-electron chi connectivity index (χ4n) is 2.42. The summed E-state index contributed by atoms with van der Waals surface area (Å²) in [7, 11) is 0. The summed E-state index contributed by atoms with van der Waals surface area (Å²) in [5, 5.41) is 13.1. The first-order valence-corrected chi connectivity index (χ1v) is 5.94. The summed E-state index contributed by atoms with van der Waals surface area (Å²) in [6.45, 7) is 5.87. The molecule has 1 aliphatic heterocycles. The van der Waals surface area contributed by atoms with Crippen LogP contribution >= 0.6 is 0 Å². The molecular weight excluding hydrogens is 220 g/mol. The van der Waals surface area contributed by atoms with Crippen molar-refractivity contribution in [1.29, 1.82) is 0 Å². The van der Waals surface area contributed by atoms with Crippen molar-refractivity contribution in [3.63, 3.8) is 0 Å². The topological polar surface area (TPSA) is 66.6 Å². The molecule has 0 saturated carbocycles. The molecule has 1 atom stereocenters. The van der Waals surface area contributed by atoms with Crippen LogP contribution in [0.3, 0.4) is 0 Å². The fraction of sp³-hybridized carbons (Fsp3) is 0.667. The summed E-state index contributed by atoms with van der Waals surface area (Å²) in [6.07, 6.45) is 1.39. The van der Waals surface area contributed by atoms with Crippen molar-refractivity contribution in [2.45, 2.75) is 33.2 Å². The maximum atomic E-state index is 11.3. The van der Waals surface area contributed by atoms with Gasteiger partial charge in [-0.2, -0.15) is 0 Å². The standard InChI is InChI=1S/C12H18N2O3/c1-3-12(11(15)16)4-5-14(8-12)7-10-6-9(2)13-17-10/h6H,3-5,7-8H2,1-2H3,(H,15,16). The molecule has 1 aromatic heterocycles. The molecule has 1 N–H and O–H groups in total. The van der Waals surface area contributed by atoms with Crippen molar-refractivity contribution in [3.8, 4) is 0 Å². The Morgan fingerprint density at radius 3 is 2.94 bits per heavy atom. The predicted molar refractivity (Wildman–Crippen MR) is 61.5 cm³/mol. The minimum absolute atomic E-state index is 0.574. The third-order valence-corrected chi connectivity index (χ3v) is 3.62. The Bertz CT molecular complexity index is 416. The zero-order valence-electron chi connectivity index (χ0n) is 10.3. The molecule has 1 saturated heterocycles. The lowest BCUT2D eigenvalue weighted by Crippen LogP contribution is -2.33. The highest BCUT2D eigenvalue weighted by Gasteiger charge is 2.43. The molecule has 0 aliphatic carbocycles. The number of aromatic nitrogens is 1. The first-order chi connectivity index (χ1) is 8.05. The second-order valence-electron chi connectivity index (χ2n) is 4.83. The number of hydrogen-bond donors (Lipinski definition) is 1. The molecule has 1 aromatic rings. The molecule has 0 aromatic carbocycles. The van der Waals surface area contributed by atoms with Gasteiger partial charge in [-0.1, -0.05) is 12.1 Å². The lowest BCUT2D eigenvalue weighted by molar-refractivity contribution is -0.148. The highest BCUT2D eigenvalue weighted by Crippen LogP contribution is 2.34. The fourth-order valence-corrected chi connectivity index (χ4v) is 2.42. The zero-order valence-corrected chi connectivity index (χ0v) is 10.3. The van der Waals surface area contributed by atoms with Crippen LogP contribution in [0.5, 0.6) is 0 Å². The van der Waals surface area contributed by atoms with Gasteiger partial charge < -0.3 is 9.63 Å². The summed E-state index contributed by atoms with van der Waals surface area (Å²) in [5.41, 5.74) is 0.286. The van der Waals surface area contributed by atoms with Crippen molar-refractivity contribution in [3.05, 3.63) is 17.5 Å². The third-order valence-electron chi connectivity index (χ3n) is 3.62. The Kier molecular flexibility index (Phi) is 3.19.